The number of hydrazone groups is 1. The zero-order valence-electron chi connectivity index (χ0n) is 12.6. The van der Waals surface area contributed by atoms with E-state index < -0.39 is 0 Å². The number of piperidine rings is 1. The van der Waals surface area contributed by atoms with Gasteiger partial charge in [-0.2, -0.15) is 5.10 Å². The van der Waals surface area contributed by atoms with Crippen molar-refractivity contribution in [2.45, 2.75) is 25.7 Å². The minimum Gasteiger partial charge on any atom is -0.454 e. The SMILES string of the molecule is O=C(CCN1CCCCC1)N/N=C\c1ccc2c(c1)OCO2. The van der Waals surface area contributed by atoms with Crippen molar-refractivity contribution < 1.29 is 14.3 Å². The van der Waals surface area contributed by atoms with Crippen molar-refractivity contribution in [2.75, 3.05) is 26.4 Å². The van der Waals surface area contributed by atoms with E-state index in [2.05, 4.69) is 15.4 Å². The van der Waals surface area contributed by atoms with Crippen LogP contribution < -0.4 is 14.9 Å². The molecule has 22 heavy (non-hydrogen) atoms. The van der Waals surface area contributed by atoms with Gasteiger partial charge in [0.1, 0.15) is 0 Å². The van der Waals surface area contributed by atoms with Crippen LogP contribution in [0.2, 0.25) is 0 Å². The number of nitrogens with zero attached hydrogens (tertiary/aromatic N) is 2. The molecule has 1 amide bonds. The maximum absolute atomic E-state index is 11.8. The van der Waals surface area contributed by atoms with E-state index in [1.165, 1.54) is 19.3 Å². The number of fused-ring (bicyclic) bond motifs is 1. The van der Waals surface area contributed by atoms with Crippen molar-refractivity contribution in [3.63, 3.8) is 0 Å². The average Bonchev–Trinajstić information content (AvgIpc) is 3.02. The maximum atomic E-state index is 11.8. The van der Waals surface area contributed by atoms with Crippen LogP contribution in [0.5, 0.6) is 11.5 Å². The smallest absolute Gasteiger partial charge is 0.241 e. The molecule has 0 bridgehead atoms. The molecular weight excluding hydrogens is 282 g/mol. The molecule has 0 aromatic heterocycles. The van der Waals surface area contributed by atoms with Gasteiger partial charge in [0.15, 0.2) is 11.5 Å². The zero-order valence-corrected chi connectivity index (χ0v) is 12.6. The highest BCUT2D eigenvalue weighted by Gasteiger charge is 2.13. The molecule has 1 fully saturated rings. The van der Waals surface area contributed by atoms with Crippen molar-refractivity contribution in [2.24, 2.45) is 5.10 Å². The molecule has 6 nitrogen and oxygen atoms in total. The van der Waals surface area contributed by atoms with Crippen molar-refractivity contribution in [3.8, 4) is 11.5 Å². The number of carbonyl (C=O) groups is 1. The quantitative estimate of drug-likeness (QED) is 0.665. The summed E-state index contributed by atoms with van der Waals surface area (Å²) in [6, 6.07) is 5.55. The Morgan fingerprint density at radius 1 is 1.23 bits per heavy atom. The van der Waals surface area contributed by atoms with E-state index in [0.29, 0.717) is 12.2 Å². The van der Waals surface area contributed by atoms with Crippen molar-refractivity contribution in [1.82, 2.24) is 10.3 Å². The van der Waals surface area contributed by atoms with Gasteiger partial charge in [-0.15, -0.1) is 0 Å². The Morgan fingerprint density at radius 3 is 2.91 bits per heavy atom. The normalized spacial score (nSPS) is 17.8. The Morgan fingerprint density at radius 2 is 2.05 bits per heavy atom. The van der Waals surface area contributed by atoms with E-state index in [-0.39, 0.29) is 12.7 Å². The summed E-state index contributed by atoms with van der Waals surface area (Å²) in [5.41, 5.74) is 3.43. The Labute approximate surface area is 130 Å². The van der Waals surface area contributed by atoms with Crippen molar-refractivity contribution >= 4 is 12.1 Å². The molecule has 6 heteroatoms. The molecule has 2 heterocycles. The lowest BCUT2D eigenvalue weighted by molar-refractivity contribution is -0.121. The van der Waals surface area contributed by atoms with Gasteiger partial charge in [0.25, 0.3) is 0 Å². The fourth-order valence-corrected chi connectivity index (χ4v) is 2.67. The Kier molecular flexibility index (Phi) is 4.90. The molecule has 2 aliphatic rings. The Bertz CT molecular complexity index is 554. The highest BCUT2D eigenvalue weighted by molar-refractivity contribution is 5.83. The van der Waals surface area contributed by atoms with Gasteiger partial charge in [0.2, 0.25) is 12.7 Å². The number of hydrogen-bond donors (Lipinski definition) is 1. The number of amides is 1. The van der Waals surface area contributed by atoms with Gasteiger partial charge in [-0.05, 0) is 49.7 Å². The summed E-state index contributed by atoms with van der Waals surface area (Å²) in [4.78, 5) is 14.1. The van der Waals surface area contributed by atoms with Crippen LogP contribution in [0.4, 0.5) is 0 Å². The topological polar surface area (TPSA) is 63.2 Å². The maximum Gasteiger partial charge on any atom is 0.241 e. The van der Waals surface area contributed by atoms with E-state index in [1.807, 2.05) is 18.2 Å². The molecule has 3 rings (SSSR count). The Balaban J connectivity index is 1.42. The standard InChI is InChI=1S/C16H21N3O3/c20-16(6-9-19-7-2-1-3-8-19)18-17-11-13-4-5-14-15(10-13)22-12-21-14/h4-5,10-11H,1-3,6-9,12H2,(H,18,20)/b17-11-. The largest absolute Gasteiger partial charge is 0.454 e. The number of benzene rings is 1. The molecule has 1 aromatic carbocycles. The average molecular weight is 303 g/mol. The van der Waals surface area contributed by atoms with Gasteiger partial charge in [-0.25, -0.2) is 5.43 Å². The molecule has 0 saturated carbocycles. The molecule has 0 unspecified atom stereocenters. The third-order valence-corrected chi connectivity index (χ3v) is 3.90. The summed E-state index contributed by atoms with van der Waals surface area (Å²) < 4.78 is 10.5. The van der Waals surface area contributed by atoms with E-state index in [1.54, 1.807) is 6.21 Å². The fraction of sp³-hybridized carbons (Fsp3) is 0.500. The first-order chi connectivity index (χ1) is 10.8. The molecule has 1 aromatic rings. The monoisotopic (exact) mass is 303 g/mol. The van der Waals surface area contributed by atoms with Gasteiger partial charge in [-0.3, -0.25) is 4.79 Å². The van der Waals surface area contributed by atoms with Crippen LogP contribution in [0.15, 0.2) is 23.3 Å². The van der Waals surface area contributed by atoms with Crippen LogP contribution in [-0.2, 0) is 4.79 Å². The molecule has 118 valence electrons. The number of rotatable bonds is 5. The van der Waals surface area contributed by atoms with Gasteiger partial charge in [-0.1, -0.05) is 6.42 Å². The lowest BCUT2D eigenvalue weighted by Crippen LogP contribution is -2.33. The van der Waals surface area contributed by atoms with Crippen LogP contribution in [0.3, 0.4) is 0 Å². The van der Waals surface area contributed by atoms with Crippen molar-refractivity contribution in [3.05, 3.63) is 23.8 Å². The van der Waals surface area contributed by atoms with Gasteiger partial charge < -0.3 is 14.4 Å². The minimum atomic E-state index is -0.0532. The zero-order chi connectivity index (χ0) is 15.2. The molecule has 0 atom stereocenters. The second kappa shape index (κ2) is 7.26. The van der Waals surface area contributed by atoms with E-state index in [4.69, 9.17) is 9.47 Å². The summed E-state index contributed by atoms with van der Waals surface area (Å²) in [7, 11) is 0. The van der Waals surface area contributed by atoms with Gasteiger partial charge >= 0.3 is 0 Å². The molecule has 1 N–H and O–H groups in total. The van der Waals surface area contributed by atoms with Crippen LogP contribution in [0.1, 0.15) is 31.2 Å². The number of ether oxygens (including phenoxy) is 2. The van der Waals surface area contributed by atoms with E-state index >= 15 is 0 Å². The summed E-state index contributed by atoms with van der Waals surface area (Å²) in [6.45, 7) is 3.27. The molecule has 0 aliphatic carbocycles. The van der Waals surface area contributed by atoms with Gasteiger partial charge in [0.05, 0.1) is 6.21 Å². The summed E-state index contributed by atoms with van der Waals surface area (Å²) in [5, 5.41) is 3.99. The minimum absolute atomic E-state index is 0.0532. The van der Waals surface area contributed by atoms with E-state index in [9.17, 15) is 4.79 Å². The number of nitrogens with one attached hydrogen (secondary N) is 1. The third kappa shape index (κ3) is 3.98. The van der Waals surface area contributed by atoms with Gasteiger partial charge in [0, 0.05) is 13.0 Å². The molecular formula is C16H21N3O3. The highest BCUT2D eigenvalue weighted by atomic mass is 16.7. The predicted molar refractivity (Wildman–Crippen MR) is 83.2 cm³/mol. The number of likely N-dealkylation sites (tertiary alicyclic amines) is 1. The predicted octanol–water partition coefficient (Wildman–Crippen LogP) is 1.74. The Hall–Kier alpha value is -2.08. The molecule has 2 aliphatic heterocycles. The summed E-state index contributed by atoms with van der Waals surface area (Å²) in [5.74, 6) is 1.39. The second-order valence-corrected chi connectivity index (χ2v) is 5.56. The third-order valence-electron chi connectivity index (χ3n) is 3.90. The molecule has 0 spiro atoms. The fourth-order valence-electron chi connectivity index (χ4n) is 2.67. The van der Waals surface area contributed by atoms with Crippen LogP contribution in [0.25, 0.3) is 0 Å². The number of hydrogen-bond acceptors (Lipinski definition) is 5. The van der Waals surface area contributed by atoms with E-state index in [0.717, 1.165) is 30.9 Å². The molecule has 1 saturated heterocycles. The molecule has 0 radical (unpaired) electrons. The second-order valence-electron chi connectivity index (χ2n) is 5.56. The highest BCUT2D eigenvalue weighted by Crippen LogP contribution is 2.31. The lowest BCUT2D eigenvalue weighted by Gasteiger charge is -2.25. The first kappa shape index (κ1) is 14.8. The van der Waals surface area contributed by atoms with Crippen LogP contribution in [0, 0.1) is 0 Å². The lowest BCUT2D eigenvalue weighted by atomic mass is 10.1. The number of carbonyl (C=O) groups excluding carboxylic acids is 1. The van der Waals surface area contributed by atoms with Crippen LogP contribution in [-0.4, -0.2) is 43.4 Å². The first-order valence-electron chi connectivity index (χ1n) is 7.75. The summed E-state index contributed by atoms with van der Waals surface area (Å²) >= 11 is 0. The van der Waals surface area contributed by atoms with Crippen molar-refractivity contribution in [1.29, 1.82) is 0 Å². The first-order valence-corrected chi connectivity index (χ1v) is 7.75. The summed E-state index contributed by atoms with van der Waals surface area (Å²) in [6.07, 6.45) is 5.88. The van der Waals surface area contributed by atoms with Crippen LogP contribution >= 0.6 is 0 Å².